The predicted octanol–water partition coefficient (Wildman–Crippen LogP) is 8.28. The molecule has 330 valence electrons. The number of anilines is 1. The van der Waals surface area contributed by atoms with Crippen LogP contribution in [-0.4, -0.2) is 54.3 Å². The van der Waals surface area contributed by atoms with Gasteiger partial charge in [0.15, 0.2) is 5.82 Å². The van der Waals surface area contributed by atoms with E-state index in [0.29, 0.717) is 47.3 Å². The van der Waals surface area contributed by atoms with E-state index in [2.05, 4.69) is 30.0 Å². The number of aromatic nitrogens is 6. The minimum absolute atomic E-state index is 0.0194. The van der Waals surface area contributed by atoms with Crippen LogP contribution in [0.15, 0.2) is 130 Å². The molecule has 0 aliphatic rings. The van der Waals surface area contributed by atoms with Gasteiger partial charge in [-0.15, -0.1) is 0 Å². The molecule has 0 aliphatic carbocycles. The second-order valence-electron chi connectivity index (χ2n) is 15.2. The van der Waals surface area contributed by atoms with Crippen LogP contribution in [0.4, 0.5) is 14.5 Å². The quantitative estimate of drug-likeness (QED) is 0.0593. The largest absolute Gasteiger partial charge is 0.461 e. The number of carbonyl (C=O) groups is 1. The predicted molar refractivity (Wildman–Crippen MR) is 243 cm³/mol. The molecule has 7 aromatic rings. The van der Waals surface area contributed by atoms with Crippen molar-refractivity contribution >= 4 is 34.5 Å². The summed E-state index contributed by atoms with van der Waals surface area (Å²) in [6, 6.07) is 21.3. The summed E-state index contributed by atoms with van der Waals surface area (Å²) in [4.78, 5) is 58.9. The third kappa shape index (κ3) is 10.6. The van der Waals surface area contributed by atoms with Crippen molar-refractivity contribution in [1.82, 2.24) is 34.4 Å². The summed E-state index contributed by atoms with van der Waals surface area (Å²) in [5.74, 6) is -1.31. The Morgan fingerprint density at radius 2 is 1.58 bits per heavy atom. The van der Waals surface area contributed by atoms with Crippen molar-refractivity contribution in [2.24, 2.45) is 7.05 Å². The van der Waals surface area contributed by atoms with Crippen LogP contribution >= 0.6 is 11.9 Å². The molecule has 4 aromatic heterocycles. The minimum atomic E-state index is -1.06. The minimum Gasteiger partial charge on any atom is -0.461 e. The smallest absolute Gasteiger partial charge is 0.337 e. The van der Waals surface area contributed by atoms with Gasteiger partial charge >= 0.3 is 11.7 Å². The Morgan fingerprint density at radius 1 is 0.844 bits per heavy atom. The van der Waals surface area contributed by atoms with Crippen molar-refractivity contribution in [2.75, 3.05) is 11.8 Å². The van der Waals surface area contributed by atoms with E-state index in [1.165, 1.54) is 35.3 Å². The number of halogens is 2. The van der Waals surface area contributed by atoms with Crippen LogP contribution in [0.3, 0.4) is 0 Å². The Hall–Kier alpha value is -6.62. The fourth-order valence-corrected chi connectivity index (χ4v) is 8.03. The van der Waals surface area contributed by atoms with Crippen LogP contribution in [0, 0.1) is 11.6 Å². The third-order valence-electron chi connectivity index (χ3n) is 10.7. The molecule has 3 aromatic carbocycles. The molecule has 0 amide bonds. The van der Waals surface area contributed by atoms with Gasteiger partial charge in [-0.2, -0.15) is 0 Å². The lowest BCUT2D eigenvalue weighted by molar-refractivity contribution is -0.152. The summed E-state index contributed by atoms with van der Waals surface area (Å²) >= 11 is 1.12. The zero-order valence-corrected chi connectivity index (χ0v) is 36.6. The first-order chi connectivity index (χ1) is 31.1. The molecule has 0 fully saturated rings. The van der Waals surface area contributed by atoms with Crippen molar-refractivity contribution in [2.45, 2.75) is 75.6 Å². The molecule has 0 spiro atoms. The highest BCUT2D eigenvalue weighted by molar-refractivity contribution is 8.00. The molecule has 0 radical (unpaired) electrons. The van der Waals surface area contributed by atoms with Crippen LogP contribution in [0.25, 0.3) is 27.8 Å². The van der Waals surface area contributed by atoms with Gasteiger partial charge in [0.2, 0.25) is 0 Å². The second kappa shape index (κ2) is 21.2. The average molecular weight is 887 g/mol. The molecule has 1 unspecified atom stereocenters. The normalized spacial score (nSPS) is 12.4. The molecule has 0 saturated carbocycles. The number of methoxy groups -OCH3 is 1. The van der Waals surface area contributed by atoms with Gasteiger partial charge in [-0.1, -0.05) is 75.2 Å². The first kappa shape index (κ1) is 45.4. The van der Waals surface area contributed by atoms with E-state index < -0.39 is 40.9 Å². The fraction of sp³-hybridized carbons (Fsp3) is 0.271. The highest BCUT2D eigenvalue weighted by atomic mass is 32.2. The standard InChI is InChI=1S/C48H48F2N8O5S/c1-5-10-34(11-6-2)63-47(60)41(22-30-14-19-44(54-25-30)58-46(59)36-20-21-51-28-42(36)57(3)48(58)61)55-45(32-12-8-7-9-13-32)37-23-39(50)40(24-38(37)49)56-64-35-17-15-31(16-18-35)33-26-52-43(29-62-4)53-27-33/h7-9,12-21,23-28,34,41,45,55-56H,5-6,10-11,22,29H2,1-4H3/t41-,45?/m0/s1. The number of pyridine rings is 2. The van der Waals surface area contributed by atoms with Crippen molar-refractivity contribution in [3.8, 4) is 16.9 Å². The third-order valence-corrected chi connectivity index (χ3v) is 11.5. The molecule has 7 rings (SSSR count). The number of nitrogens with one attached hydrogen (secondary N) is 2. The number of hydrogen-bond donors (Lipinski definition) is 2. The number of rotatable bonds is 19. The number of carbonyl (C=O) groups excluding carboxylic acids is 1. The molecular weight excluding hydrogens is 839 g/mol. The van der Waals surface area contributed by atoms with Gasteiger partial charge in [-0.05, 0) is 78.2 Å². The fourth-order valence-electron chi connectivity index (χ4n) is 7.38. The van der Waals surface area contributed by atoms with E-state index in [9.17, 15) is 14.4 Å². The average Bonchev–Trinajstić information content (AvgIpc) is 3.31. The number of esters is 1. The molecule has 0 bridgehead atoms. The highest BCUT2D eigenvalue weighted by Gasteiger charge is 2.30. The monoisotopic (exact) mass is 886 g/mol. The number of hydrogen-bond acceptors (Lipinski definition) is 12. The number of benzene rings is 3. The highest BCUT2D eigenvalue weighted by Crippen LogP contribution is 2.32. The van der Waals surface area contributed by atoms with Crippen LogP contribution in [0.2, 0.25) is 0 Å². The molecule has 0 aliphatic heterocycles. The van der Waals surface area contributed by atoms with Crippen molar-refractivity contribution in [3.63, 3.8) is 0 Å². The van der Waals surface area contributed by atoms with Gasteiger partial charge in [0, 0.05) is 61.0 Å². The lowest BCUT2D eigenvalue weighted by Crippen LogP contribution is -2.44. The molecule has 0 saturated heterocycles. The maximum atomic E-state index is 16.4. The molecular formula is C48H48F2N8O5S. The first-order valence-electron chi connectivity index (χ1n) is 20.9. The zero-order chi connectivity index (χ0) is 45.2. The lowest BCUT2D eigenvalue weighted by atomic mass is 9.95. The Morgan fingerprint density at radius 3 is 2.25 bits per heavy atom. The van der Waals surface area contributed by atoms with Crippen molar-refractivity contribution in [3.05, 3.63) is 171 Å². The van der Waals surface area contributed by atoms with Gasteiger partial charge in [-0.25, -0.2) is 33.1 Å². The maximum Gasteiger partial charge on any atom is 0.337 e. The van der Waals surface area contributed by atoms with E-state index in [1.807, 2.05) is 44.2 Å². The van der Waals surface area contributed by atoms with E-state index in [0.717, 1.165) is 57.5 Å². The summed E-state index contributed by atoms with van der Waals surface area (Å²) in [7, 11) is 3.13. The van der Waals surface area contributed by atoms with Crippen LogP contribution < -0.4 is 21.3 Å². The molecule has 2 atom stereocenters. The number of ether oxygens (including phenoxy) is 2. The Balaban J connectivity index is 1.15. The van der Waals surface area contributed by atoms with Gasteiger partial charge in [0.25, 0.3) is 5.56 Å². The van der Waals surface area contributed by atoms with Crippen LogP contribution in [0.5, 0.6) is 0 Å². The van der Waals surface area contributed by atoms with Crippen LogP contribution in [-0.2, 0) is 34.3 Å². The second-order valence-corrected chi connectivity index (χ2v) is 16.1. The van der Waals surface area contributed by atoms with Crippen LogP contribution in [0.1, 0.15) is 68.1 Å². The molecule has 2 N–H and O–H groups in total. The molecule has 64 heavy (non-hydrogen) atoms. The van der Waals surface area contributed by atoms with Gasteiger partial charge < -0.3 is 14.2 Å². The van der Waals surface area contributed by atoms with Gasteiger partial charge in [-0.3, -0.25) is 24.5 Å². The van der Waals surface area contributed by atoms with E-state index in [4.69, 9.17) is 9.47 Å². The van der Waals surface area contributed by atoms with Gasteiger partial charge in [0.1, 0.15) is 36.2 Å². The van der Waals surface area contributed by atoms with Gasteiger partial charge in [0.05, 0.1) is 28.8 Å². The number of fused-ring (bicyclic) bond motifs is 1. The first-order valence-corrected chi connectivity index (χ1v) is 21.7. The zero-order valence-electron chi connectivity index (χ0n) is 35.8. The Labute approximate surface area is 373 Å². The summed E-state index contributed by atoms with van der Waals surface area (Å²) in [6.45, 7) is 4.34. The summed E-state index contributed by atoms with van der Waals surface area (Å²) in [6.07, 6.45) is 10.4. The maximum absolute atomic E-state index is 16.4. The van der Waals surface area contributed by atoms with Crippen molar-refractivity contribution < 1.29 is 23.0 Å². The Kier molecular flexibility index (Phi) is 15.0. The molecule has 4 heterocycles. The van der Waals surface area contributed by atoms with Crippen molar-refractivity contribution in [1.29, 1.82) is 0 Å². The van der Waals surface area contributed by atoms with E-state index >= 15 is 8.78 Å². The summed E-state index contributed by atoms with van der Waals surface area (Å²) in [5, 5.41) is 3.62. The topological polar surface area (TPSA) is 155 Å². The number of aryl methyl sites for hydroxylation is 1. The van der Waals surface area contributed by atoms with E-state index in [1.54, 1.807) is 56.9 Å². The van der Waals surface area contributed by atoms with E-state index in [-0.39, 0.29) is 29.6 Å². The molecule has 16 heteroatoms. The number of nitrogens with zero attached hydrogens (tertiary/aromatic N) is 6. The molecule has 13 nitrogen and oxygen atoms in total. The SMILES string of the molecule is CCCC(CCC)OC(=O)[C@H](Cc1ccc(-n2c(=O)c3ccncc3n(C)c2=O)nc1)NC(c1ccccc1)c1cc(F)c(NSc2ccc(-c3cnc(COC)nc3)cc2)cc1F. The summed E-state index contributed by atoms with van der Waals surface area (Å²) in [5.41, 5.74) is 2.01. The Bertz CT molecular complexity index is 2800. The summed E-state index contributed by atoms with van der Waals surface area (Å²) < 4.78 is 48.9. The lowest BCUT2D eigenvalue weighted by Gasteiger charge is -2.28.